The van der Waals surface area contributed by atoms with Crippen LogP contribution >= 0.6 is 0 Å². The van der Waals surface area contributed by atoms with Crippen LogP contribution in [0.5, 0.6) is 0 Å². The van der Waals surface area contributed by atoms with Gasteiger partial charge >= 0.3 is 0 Å². The number of nitrogens with one attached hydrogen (secondary N) is 1. The van der Waals surface area contributed by atoms with Gasteiger partial charge in [0.2, 0.25) is 0 Å². The van der Waals surface area contributed by atoms with Crippen LogP contribution in [0.2, 0.25) is 0 Å². The quantitative estimate of drug-likeness (QED) is 0.744. The summed E-state index contributed by atoms with van der Waals surface area (Å²) >= 11 is 0. The number of aliphatic hydroxyl groups excluding tert-OH is 1. The Morgan fingerprint density at radius 3 is 2.64 bits per heavy atom. The van der Waals surface area contributed by atoms with Crippen molar-refractivity contribution in [1.82, 2.24) is 4.98 Å². The van der Waals surface area contributed by atoms with Crippen molar-refractivity contribution in [2.45, 2.75) is 38.7 Å². The third-order valence-electron chi connectivity index (χ3n) is 3.47. The highest BCUT2D eigenvalue weighted by molar-refractivity contribution is 5.12. The van der Waals surface area contributed by atoms with Gasteiger partial charge < -0.3 is 10.1 Å². The Bertz CT molecular complexity index is 260. The molecule has 14 heavy (non-hydrogen) atoms. The zero-order chi connectivity index (χ0) is 9.97. The van der Waals surface area contributed by atoms with E-state index in [0.717, 1.165) is 11.5 Å². The van der Waals surface area contributed by atoms with E-state index in [-0.39, 0.29) is 6.10 Å². The lowest BCUT2D eigenvalue weighted by atomic mass is 9.79. The van der Waals surface area contributed by atoms with Gasteiger partial charge in [0.05, 0.1) is 6.10 Å². The minimum absolute atomic E-state index is 0.256. The molecule has 0 radical (unpaired) electrons. The van der Waals surface area contributed by atoms with Crippen molar-refractivity contribution in [3.8, 4) is 0 Å². The molecule has 0 saturated heterocycles. The van der Waals surface area contributed by atoms with Crippen molar-refractivity contribution < 1.29 is 5.11 Å². The number of aromatic amines is 1. The molecule has 2 rings (SSSR count). The molecule has 0 amide bonds. The maximum absolute atomic E-state index is 10.1. The van der Waals surface area contributed by atoms with E-state index in [1.807, 2.05) is 18.5 Å². The summed E-state index contributed by atoms with van der Waals surface area (Å²) in [6.07, 6.45) is 8.42. The lowest BCUT2D eigenvalue weighted by Gasteiger charge is -2.29. The number of hydrogen-bond acceptors (Lipinski definition) is 1. The molecule has 0 aromatic carbocycles. The molecule has 1 aliphatic carbocycles. The first-order chi connectivity index (χ1) is 6.77. The Hall–Kier alpha value is -0.760. The predicted molar refractivity (Wildman–Crippen MR) is 56.9 cm³/mol. The third kappa shape index (κ3) is 2.01. The highest BCUT2D eigenvalue weighted by atomic mass is 16.3. The molecule has 2 N–H and O–H groups in total. The zero-order valence-electron chi connectivity index (χ0n) is 8.74. The molecule has 1 heterocycles. The minimum atomic E-state index is -0.256. The van der Waals surface area contributed by atoms with Crippen molar-refractivity contribution >= 4 is 0 Å². The van der Waals surface area contributed by atoms with E-state index in [2.05, 4.69) is 11.9 Å². The fourth-order valence-corrected chi connectivity index (χ4v) is 2.39. The minimum Gasteiger partial charge on any atom is -0.388 e. The van der Waals surface area contributed by atoms with Gasteiger partial charge in [-0.2, -0.15) is 0 Å². The molecule has 0 bridgehead atoms. The van der Waals surface area contributed by atoms with E-state index in [9.17, 15) is 5.11 Å². The second kappa shape index (κ2) is 4.18. The van der Waals surface area contributed by atoms with Crippen LogP contribution in [0.4, 0.5) is 0 Å². The highest BCUT2D eigenvalue weighted by Crippen LogP contribution is 2.36. The number of H-pyrrole nitrogens is 1. The Labute approximate surface area is 85.3 Å². The van der Waals surface area contributed by atoms with Crippen LogP contribution in [0.15, 0.2) is 18.5 Å². The second-order valence-electron chi connectivity index (χ2n) is 4.61. The molecule has 0 spiro atoms. The summed E-state index contributed by atoms with van der Waals surface area (Å²) in [4.78, 5) is 3.00. The molecule has 1 aromatic heterocycles. The first kappa shape index (κ1) is 9.78. The van der Waals surface area contributed by atoms with Crippen LogP contribution in [0.3, 0.4) is 0 Å². The molecular weight excluding hydrogens is 174 g/mol. The summed E-state index contributed by atoms with van der Waals surface area (Å²) in [7, 11) is 0. The summed E-state index contributed by atoms with van der Waals surface area (Å²) in [5, 5.41) is 10.1. The first-order valence-corrected chi connectivity index (χ1v) is 5.58. The molecule has 2 heteroatoms. The van der Waals surface area contributed by atoms with Crippen molar-refractivity contribution in [3.05, 3.63) is 24.0 Å². The van der Waals surface area contributed by atoms with E-state index in [0.29, 0.717) is 5.92 Å². The van der Waals surface area contributed by atoms with Gasteiger partial charge in [0, 0.05) is 12.4 Å². The van der Waals surface area contributed by atoms with Crippen LogP contribution in [-0.4, -0.2) is 10.1 Å². The maximum atomic E-state index is 10.1. The van der Waals surface area contributed by atoms with Gasteiger partial charge in [-0.1, -0.05) is 19.8 Å². The molecule has 1 saturated carbocycles. The number of aliphatic hydroxyl groups is 1. The van der Waals surface area contributed by atoms with Gasteiger partial charge in [0.15, 0.2) is 0 Å². The molecule has 78 valence electrons. The second-order valence-corrected chi connectivity index (χ2v) is 4.61. The average molecular weight is 193 g/mol. The Balaban J connectivity index is 1.95. The van der Waals surface area contributed by atoms with Gasteiger partial charge in [-0.25, -0.2) is 0 Å². The van der Waals surface area contributed by atoms with Gasteiger partial charge in [0.1, 0.15) is 0 Å². The SMILES string of the molecule is CC1CCC(C(O)c2cc[nH]c2)CC1. The summed E-state index contributed by atoms with van der Waals surface area (Å²) < 4.78 is 0. The molecular formula is C12H19NO. The van der Waals surface area contributed by atoms with E-state index >= 15 is 0 Å². The molecule has 1 aliphatic rings. The number of hydrogen-bond donors (Lipinski definition) is 2. The summed E-state index contributed by atoms with van der Waals surface area (Å²) in [5.41, 5.74) is 1.05. The molecule has 1 fully saturated rings. The largest absolute Gasteiger partial charge is 0.388 e. The van der Waals surface area contributed by atoms with E-state index in [4.69, 9.17) is 0 Å². The smallest absolute Gasteiger partial charge is 0.0832 e. The van der Waals surface area contributed by atoms with Crippen LogP contribution < -0.4 is 0 Å². The Morgan fingerprint density at radius 2 is 2.07 bits per heavy atom. The van der Waals surface area contributed by atoms with E-state index < -0.39 is 0 Å². The fraction of sp³-hybridized carbons (Fsp3) is 0.667. The van der Waals surface area contributed by atoms with Crippen LogP contribution in [0.25, 0.3) is 0 Å². The molecule has 1 unspecified atom stereocenters. The fourth-order valence-electron chi connectivity index (χ4n) is 2.39. The summed E-state index contributed by atoms with van der Waals surface area (Å²) in [6, 6.07) is 1.97. The topological polar surface area (TPSA) is 36.0 Å². The van der Waals surface area contributed by atoms with Crippen molar-refractivity contribution in [1.29, 1.82) is 0 Å². The molecule has 1 aromatic rings. The lowest BCUT2D eigenvalue weighted by molar-refractivity contribution is 0.0757. The van der Waals surface area contributed by atoms with Gasteiger partial charge in [-0.15, -0.1) is 0 Å². The molecule has 1 atom stereocenters. The van der Waals surface area contributed by atoms with Crippen LogP contribution in [0, 0.1) is 11.8 Å². The predicted octanol–water partition coefficient (Wildman–Crippen LogP) is 2.87. The van der Waals surface area contributed by atoms with E-state index in [1.165, 1.54) is 25.7 Å². The van der Waals surface area contributed by atoms with E-state index in [1.54, 1.807) is 0 Å². The zero-order valence-corrected chi connectivity index (χ0v) is 8.74. The number of aromatic nitrogens is 1. The standard InChI is InChI=1S/C12H19NO/c1-9-2-4-10(5-3-9)12(14)11-6-7-13-8-11/h6-10,12-14H,2-5H2,1H3. The first-order valence-electron chi connectivity index (χ1n) is 5.58. The van der Waals surface area contributed by atoms with Gasteiger partial charge in [0.25, 0.3) is 0 Å². The Morgan fingerprint density at radius 1 is 1.36 bits per heavy atom. The maximum Gasteiger partial charge on any atom is 0.0832 e. The highest BCUT2D eigenvalue weighted by Gasteiger charge is 2.25. The van der Waals surface area contributed by atoms with Crippen molar-refractivity contribution in [2.24, 2.45) is 11.8 Å². The van der Waals surface area contributed by atoms with Gasteiger partial charge in [-0.3, -0.25) is 0 Å². The normalized spacial score (nSPS) is 30.1. The Kier molecular flexibility index (Phi) is 2.92. The van der Waals surface area contributed by atoms with Crippen molar-refractivity contribution in [2.75, 3.05) is 0 Å². The molecule has 0 aliphatic heterocycles. The molecule has 2 nitrogen and oxygen atoms in total. The average Bonchev–Trinajstić information content (AvgIpc) is 2.71. The summed E-state index contributed by atoms with van der Waals surface area (Å²) in [5.74, 6) is 1.33. The summed E-state index contributed by atoms with van der Waals surface area (Å²) in [6.45, 7) is 2.30. The van der Waals surface area contributed by atoms with Crippen LogP contribution in [0.1, 0.15) is 44.3 Å². The monoisotopic (exact) mass is 193 g/mol. The van der Waals surface area contributed by atoms with Gasteiger partial charge in [-0.05, 0) is 36.3 Å². The lowest BCUT2D eigenvalue weighted by Crippen LogP contribution is -2.18. The van der Waals surface area contributed by atoms with Crippen molar-refractivity contribution in [3.63, 3.8) is 0 Å². The third-order valence-corrected chi connectivity index (χ3v) is 3.47. The van der Waals surface area contributed by atoms with Crippen LogP contribution in [-0.2, 0) is 0 Å². The number of rotatable bonds is 2.